The maximum absolute atomic E-state index is 3.47. The fourth-order valence-electron chi connectivity index (χ4n) is 2.87. The predicted molar refractivity (Wildman–Crippen MR) is 58.1 cm³/mol. The highest BCUT2D eigenvalue weighted by molar-refractivity contribution is 5.24. The van der Waals surface area contributed by atoms with Gasteiger partial charge in [0.1, 0.15) is 0 Å². The topological polar surface area (TPSA) is 24.1 Å². The Morgan fingerprint density at radius 3 is 1.86 bits per heavy atom. The normalized spacial score (nSPS) is 44.0. The summed E-state index contributed by atoms with van der Waals surface area (Å²) in [4.78, 5) is 0. The highest BCUT2D eigenvalue weighted by Gasteiger charge is 2.25. The minimum Gasteiger partial charge on any atom is -0.312 e. The lowest BCUT2D eigenvalue weighted by Gasteiger charge is -2.16. The van der Waals surface area contributed by atoms with Crippen molar-refractivity contribution in [3.63, 3.8) is 0 Å². The van der Waals surface area contributed by atoms with Gasteiger partial charge in [0.05, 0.1) is 0 Å². The van der Waals surface area contributed by atoms with Crippen LogP contribution in [0.3, 0.4) is 0 Å². The van der Waals surface area contributed by atoms with Crippen molar-refractivity contribution < 1.29 is 0 Å². The largest absolute Gasteiger partial charge is 0.312 e. The fraction of sp³-hybridized carbons (Fsp3) is 0.667. The number of allylic oxidation sites excluding steroid dienone is 2. The first-order chi connectivity index (χ1) is 6.93. The van der Waals surface area contributed by atoms with Crippen molar-refractivity contribution in [1.82, 2.24) is 10.6 Å². The van der Waals surface area contributed by atoms with Crippen molar-refractivity contribution in [3.8, 4) is 0 Å². The summed E-state index contributed by atoms with van der Waals surface area (Å²) in [6.07, 6.45) is 7.50. The van der Waals surface area contributed by atoms with E-state index in [1.54, 1.807) is 11.1 Å². The van der Waals surface area contributed by atoms with E-state index in [9.17, 15) is 0 Å². The number of rotatable bonds is 0. The van der Waals surface area contributed by atoms with Crippen LogP contribution in [0.15, 0.2) is 23.3 Å². The summed E-state index contributed by atoms with van der Waals surface area (Å²) in [7, 11) is 0. The van der Waals surface area contributed by atoms with Crippen LogP contribution in [0.4, 0.5) is 0 Å². The predicted octanol–water partition coefficient (Wildman–Crippen LogP) is 1.07. The van der Waals surface area contributed by atoms with Gasteiger partial charge in [0.25, 0.3) is 0 Å². The van der Waals surface area contributed by atoms with Gasteiger partial charge in [0.15, 0.2) is 0 Å². The van der Waals surface area contributed by atoms with E-state index < -0.39 is 0 Å². The average molecular weight is 190 g/mol. The molecule has 2 fully saturated rings. The highest BCUT2D eigenvalue weighted by Crippen LogP contribution is 2.29. The van der Waals surface area contributed by atoms with Gasteiger partial charge in [-0.1, -0.05) is 23.3 Å². The van der Waals surface area contributed by atoms with E-state index in [4.69, 9.17) is 0 Å². The Balaban J connectivity index is 1.84. The third-order valence-electron chi connectivity index (χ3n) is 3.82. The zero-order chi connectivity index (χ0) is 9.38. The second-order valence-electron chi connectivity index (χ2n) is 4.69. The molecule has 0 radical (unpaired) electrons. The molecule has 0 aromatic rings. The minimum absolute atomic E-state index is 0.795. The SMILES string of the molecule is C1=C2/CNCC2C/C=C2/CNCC2C/1. The first-order valence-corrected chi connectivity index (χ1v) is 5.73. The van der Waals surface area contributed by atoms with Crippen LogP contribution in [-0.4, -0.2) is 26.2 Å². The van der Waals surface area contributed by atoms with E-state index in [0.29, 0.717) is 0 Å². The van der Waals surface area contributed by atoms with Gasteiger partial charge in [-0.05, 0) is 24.7 Å². The van der Waals surface area contributed by atoms with E-state index in [2.05, 4.69) is 22.8 Å². The van der Waals surface area contributed by atoms with Crippen molar-refractivity contribution in [3.05, 3.63) is 23.3 Å². The van der Waals surface area contributed by atoms with Crippen LogP contribution < -0.4 is 10.6 Å². The Labute approximate surface area is 85.5 Å². The van der Waals surface area contributed by atoms with Crippen molar-refractivity contribution in [2.45, 2.75) is 12.8 Å². The molecule has 2 saturated heterocycles. The summed E-state index contributed by atoms with van der Waals surface area (Å²) < 4.78 is 0. The van der Waals surface area contributed by atoms with Crippen LogP contribution in [-0.2, 0) is 0 Å². The molecule has 14 heavy (non-hydrogen) atoms. The molecular formula is C12H18N2. The summed E-state index contributed by atoms with van der Waals surface area (Å²) in [5, 5.41) is 6.94. The monoisotopic (exact) mass is 190 g/mol. The Bertz CT molecular complexity index is 261. The molecule has 0 aromatic carbocycles. The van der Waals surface area contributed by atoms with Crippen LogP contribution in [0.5, 0.6) is 0 Å². The second kappa shape index (κ2) is 3.52. The smallest absolute Gasteiger partial charge is 0.0168 e. The molecule has 0 bridgehead atoms. The number of fused-ring (bicyclic) bond motifs is 2. The van der Waals surface area contributed by atoms with Crippen molar-refractivity contribution in [2.24, 2.45) is 11.8 Å². The molecule has 3 rings (SSSR count). The van der Waals surface area contributed by atoms with Crippen LogP contribution in [0.1, 0.15) is 12.8 Å². The molecule has 2 unspecified atom stereocenters. The van der Waals surface area contributed by atoms with E-state index in [1.807, 2.05) is 0 Å². The molecule has 2 atom stereocenters. The summed E-state index contributed by atoms with van der Waals surface area (Å²) in [5.74, 6) is 1.59. The standard InChI is InChI=1S/C12H18N2/c1-2-10-6-14-8-12(10)4-3-11-7-13-5-9(1)11/h1,4,10-11,13-14H,2-3,5-8H2/b9-1-,12-4-. The molecule has 0 aromatic heterocycles. The third kappa shape index (κ3) is 1.43. The van der Waals surface area contributed by atoms with Crippen LogP contribution >= 0.6 is 0 Å². The van der Waals surface area contributed by atoms with Gasteiger partial charge in [-0.3, -0.25) is 0 Å². The number of nitrogens with one attached hydrogen (secondary N) is 2. The number of hydrogen-bond acceptors (Lipinski definition) is 2. The molecule has 3 aliphatic rings. The summed E-state index contributed by atoms with van der Waals surface area (Å²) >= 11 is 0. The van der Waals surface area contributed by atoms with Gasteiger partial charge in [-0.2, -0.15) is 0 Å². The molecule has 2 heterocycles. The van der Waals surface area contributed by atoms with Gasteiger partial charge in [0.2, 0.25) is 0 Å². The molecule has 0 saturated carbocycles. The molecule has 1 aliphatic carbocycles. The summed E-state index contributed by atoms with van der Waals surface area (Å²) in [6, 6.07) is 0. The van der Waals surface area contributed by atoms with Gasteiger partial charge in [0, 0.05) is 26.2 Å². The zero-order valence-electron chi connectivity index (χ0n) is 8.55. The maximum atomic E-state index is 3.47. The van der Waals surface area contributed by atoms with Crippen LogP contribution in [0.25, 0.3) is 0 Å². The van der Waals surface area contributed by atoms with E-state index >= 15 is 0 Å². The first kappa shape index (κ1) is 8.69. The van der Waals surface area contributed by atoms with Gasteiger partial charge < -0.3 is 10.6 Å². The lowest BCUT2D eigenvalue weighted by Crippen LogP contribution is -2.10. The molecular weight excluding hydrogens is 172 g/mol. The Hall–Kier alpha value is -0.600. The number of hydrogen-bond donors (Lipinski definition) is 2. The summed E-state index contributed by atoms with van der Waals surface area (Å²) in [6.45, 7) is 4.64. The van der Waals surface area contributed by atoms with E-state index in [-0.39, 0.29) is 0 Å². The van der Waals surface area contributed by atoms with Gasteiger partial charge in [-0.25, -0.2) is 0 Å². The Kier molecular flexibility index (Phi) is 2.18. The second-order valence-corrected chi connectivity index (χ2v) is 4.69. The lowest BCUT2D eigenvalue weighted by atomic mass is 9.88. The maximum Gasteiger partial charge on any atom is 0.0168 e. The van der Waals surface area contributed by atoms with Gasteiger partial charge in [-0.15, -0.1) is 0 Å². The molecule has 2 nitrogen and oxygen atoms in total. The van der Waals surface area contributed by atoms with Crippen molar-refractivity contribution in [1.29, 1.82) is 0 Å². The molecule has 2 aliphatic heterocycles. The zero-order valence-corrected chi connectivity index (χ0v) is 8.55. The minimum atomic E-state index is 0.795. The van der Waals surface area contributed by atoms with E-state index in [0.717, 1.165) is 24.9 Å². The highest BCUT2D eigenvalue weighted by atomic mass is 14.9. The molecule has 0 amide bonds. The molecule has 76 valence electrons. The fourth-order valence-corrected chi connectivity index (χ4v) is 2.87. The van der Waals surface area contributed by atoms with Gasteiger partial charge >= 0.3 is 0 Å². The molecule has 0 spiro atoms. The van der Waals surface area contributed by atoms with E-state index in [1.165, 1.54) is 25.9 Å². The molecule has 2 heteroatoms. The Morgan fingerprint density at radius 1 is 0.857 bits per heavy atom. The first-order valence-electron chi connectivity index (χ1n) is 5.73. The Morgan fingerprint density at radius 2 is 1.36 bits per heavy atom. The third-order valence-corrected chi connectivity index (χ3v) is 3.82. The lowest BCUT2D eigenvalue weighted by molar-refractivity contribution is 0.617. The van der Waals surface area contributed by atoms with Crippen LogP contribution in [0, 0.1) is 11.8 Å². The van der Waals surface area contributed by atoms with Crippen molar-refractivity contribution in [2.75, 3.05) is 26.2 Å². The van der Waals surface area contributed by atoms with Crippen LogP contribution in [0.2, 0.25) is 0 Å². The molecule has 2 N–H and O–H groups in total. The summed E-state index contributed by atoms with van der Waals surface area (Å²) in [5.41, 5.74) is 3.32. The van der Waals surface area contributed by atoms with Crippen molar-refractivity contribution >= 4 is 0 Å². The average Bonchev–Trinajstić information content (AvgIpc) is 2.75. The quantitative estimate of drug-likeness (QED) is 0.558.